The Kier molecular flexibility index (Phi) is 7.67. The highest BCUT2D eigenvalue weighted by molar-refractivity contribution is 6.12. The normalized spacial score (nSPS) is 13.0. The molecule has 0 amide bonds. The first-order chi connectivity index (χ1) is 28.2. The van der Waals surface area contributed by atoms with E-state index in [-0.39, 0.29) is 0 Å². The Hall–Kier alpha value is -7.57. The van der Waals surface area contributed by atoms with E-state index in [0.717, 1.165) is 79.3 Å². The van der Waals surface area contributed by atoms with Crippen LogP contribution in [0.1, 0.15) is 5.56 Å². The second-order valence-corrected chi connectivity index (χ2v) is 14.7. The number of pyridine rings is 1. The van der Waals surface area contributed by atoms with Crippen molar-refractivity contribution >= 4 is 55.0 Å². The molecule has 10 aromatic rings. The molecule has 7 aromatic carbocycles. The van der Waals surface area contributed by atoms with E-state index in [9.17, 15) is 0 Å². The average Bonchev–Trinajstić information content (AvgIpc) is 3.93. The number of rotatable bonds is 7. The number of hydrogen-bond acceptors (Lipinski definition) is 4. The van der Waals surface area contributed by atoms with Crippen LogP contribution in [0, 0.1) is 0 Å². The second-order valence-electron chi connectivity index (χ2n) is 14.7. The minimum absolute atomic E-state index is 0.754. The summed E-state index contributed by atoms with van der Waals surface area (Å²) in [4.78, 5) is 9.72. The maximum absolute atomic E-state index is 6.72. The van der Waals surface area contributed by atoms with Crippen LogP contribution in [0.5, 0.6) is 11.5 Å². The lowest BCUT2D eigenvalue weighted by Gasteiger charge is -2.23. The molecule has 57 heavy (non-hydrogen) atoms. The van der Waals surface area contributed by atoms with Crippen molar-refractivity contribution < 1.29 is 4.74 Å². The maximum atomic E-state index is 6.72. The van der Waals surface area contributed by atoms with Crippen LogP contribution in [0.15, 0.2) is 194 Å². The van der Waals surface area contributed by atoms with Gasteiger partial charge in [0.05, 0.1) is 34.4 Å². The Balaban J connectivity index is 1.06. The molecular weight excluding hydrogens is 699 g/mol. The van der Waals surface area contributed by atoms with Gasteiger partial charge in [-0.1, -0.05) is 109 Å². The number of fused-ring (bicyclic) bond motifs is 6. The molecule has 0 saturated carbocycles. The van der Waals surface area contributed by atoms with Crippen LogP contribution in [-0.4, -0.2) is 32.7 Å². The van der Waals surface area contributed by atoms with Gasteiger partial charge in [-0.25, -0.2) is 4.98 Å². The molecule has 272 valence electrons. The highest BCUT2D eigenvalue weighted by Gasteiger charge is 2.23. The fraction of sp³-hybridized carbons (Fsp3) is 0.0392. The minimum Gasteiger partial charge on any atom is -0.457 e. The predicted octanol–water partition coefficient (Wildman–Crippen LogP) is 12.4. The molecule has 0 bridgehead atoms. The lowest BCUT2D eigenvalue weighted by molar-refractivity contribution is 0.481. The Morgan fingerprint density at radius 2 is 1.12 bits per heavy atom. The molecule has 0 radical (unpaired) electrons. The van der Waals surface area contributed by atoms with E-state index in [2.05, 4.69) is 208 Å². The molecule has 0 unspecified atom stereocenters. The van der Waals surface area contributed by atoms with Gasteiger partial charge in [0.1, 0.15) is 17.3 Å². The molecule has 3 aromatic heterocycles. The zero-order valence-corrected chi connectivity index (χ0v) is 31.3. The minimum atomic E-state index is 0.754. The van der Waals surface area contributed by atoms with Crippen LogP contribution in [-0.2, 0) is 0 Å². The van der Waals surface area contributed by atoms with Crippen molar-refractivity contribution in [3.8, 4) is 34.1 Å². The van der Waals surface area contributed by atoms with Gasteiger partial charge in [-0.3, -0.25) is 4.57 Å². The summed E-state index contributed by atoms with van der Waals surface area (Å²) >= 11 is 0. The van der Waals surface area contributed by atoms with Crippen LogP contribution in [0.2, 0.25) is 0 Å². The third-order valence-corrected chi connectivity index (χ3v) is 11.1. The van der Waals surface area contributed by atoms with Crippen LogP contribution in [0.25, 0.3) is 71.9 Å². The molecule has 6 nitrogen and oxygen atoms in total. The van der Waals surface area contributed by atoms with Gasteiger partial charge in [-0.15, -0.1) is 0 Å². The third-order valence-electron chi connectivity index (χ3n) is 11.1. The SMILES string of the molecule is CN1C=C(c2ccccc2)N(c2cccc(Oc3ccc4c5cc(-c6ccccc6)ccc5n(-c5cc6c(cn5)c5ccccc5n6-c5ccccc5)c4c3)c2)C1. The van der Waals surface area contributed by atoms with E-state index in [1.165, 1.54) is 22.1 Å². The van der Waals surface area contributed by atoms with Crippen LogP contribution in [0.3, 0.4) is 0 Å². The molecule has 1 aliphatic rings. The van der Waals surface area contributed by atoms with E-state index >= 15 is 0 Å². The average molecular weight is 736 g/mol. The van der Waals surface area contributed by atoms with Crippen LogP contribution in [0.4, 0.5) is 5.69 Å². The fourth-order valence-corrected chi connectivity index (χ4v) is 8.48. The van der Waals surface area contributed by atoms with Crippen molar-refractivity contribution in [3.63, 3.8) is 0 Å². The third kappa shape index (κ3) is 5.61. The molecule has 0 fully saturated rings. The molecule has 1 aliphatic heterocycles. The number of nitrogens with zero attached hydrogens (tertiary/aromatic N) is 5. The van der Waals surface area contributed by atoms with E-state index < -0.39 is 0 Å². The zero-order chi connectivity index (χ0) is 37.9. The molecule has 4 heterocycles. The fourth-order valence-electron chi connectivity index (χ4n) is 8.48. The summed E-state index contributed by atoms with van der Waals surface area (Å²) in [5, 5.41) is 4.58. The number of hydrogen-bond donors (Lipinski definition) is 0. The molecule has 0 saturated heterocycles. The predicted molar refractivity (Wildman–Crippen MR) is 234 cm³/mol. The highest BCUT2D eigenvalue weighted by Crippen LogP contribution is 2.40. The van der Waals surface area contributed by atoms with E-state index in [4.69, 9.17) is 9.72 Å². The van der Waals surface area contributed by atoms with Gasteiger partial charge >= 0.3 is 0 Å². The Morgan fingerprint density at radius 1 is 0.456 bits per heavy atom. The van der Waals surface area contributed by atoms with E-state index in [0.29, 0.717) is 0 Å². The summed E-state index contributed by atoms with van der Waals surface area (Å²) in [7, 11) is 2.11. The van der Waals surface area contributed by atoms with Gasteiger partial charge in [0, 0.05) is 70.6 Å². The second kappa shape index (κ2) is 13.3. The molecule has 0 N–H and O–H groups in total. The van der Waals surface area contributed by atoms with Crippen molar-refractivity contribution in [1.82, 2.24) is 19.0 Å². The first-order valence-corrected chi connectivity index (χ1v) is 19.3. The first kappa shape index (κ1) is 32.8. The lowest BCUT2D eigenvalue weighted by Crippen LogP contribution is -2.23. The maximum Gasteiger partial charge on any atom is 0.139 e. The lowest BCUT2D eigenvalue weighted by atomic mass is 10.0. The van der Waals surface area contributed by atoms with Crippen molar-refractivity contribution in [3.05, 3.63) is 200 Å². The molecule has 6 heteroatoms. The molecule has 0 atom stereocenters. The zero-order valence-electron chi connectivity index (χ0n) is 31.3. The van der Waals surface area contributed by atoms with Crippen molar-refractivity contribution in [2.45, 2.75) is 0 Å². The van der Waals surface area contributed by atoms with E-state index in [1.54, 1.807) is 0 Å². The number of benzene rings is 7. The largest absolute Gasteiger partial charge is 0.457 e. The number of para-hydroxylation sites is 2. The quantitative estimate of drug-likeness (QED) is 0.163. The molecule has 11 rings (SSSR count). The van der Waals surface area contributed by atoms with Gasteiger partial charge in [-0.05, 0) is 71.3 Å². The Morgan fingerprint density at radius 3 is 1.95 bits per heavy atom. The van der Waals surface area contributed by atoms with Crippen molar-refractivity contribution in [1.29, 1.82) is 0 Å². The summed E-state index contributed by atoms with van der Waals surface area (Å²) in [5.74, 6) is 2.37. The standard InChI is InChI=1S/C51H37N5O/c1-53-33-50(36-16-7-3-8-17-36)54(34-53)39-20-13-21-40(29-39)57-41-25-26-43-44-28-37(35-14-5-2-6-15-35)24-27-47(44)56(48(43)30-41)51-31-49-45(32-52-51)42-22-11-12-23-46(42)55(49)38-18-9-4-10-19-38/h2-33H,34H2,1H3. The van der Waals surface area contributed by atoms with Gasteiger partial charge in [0.25, 0.3) is 0 Å². The van der Waals surface area contributed by atoms with Gasteiger partial charge < -0.3 is 19.1 Å². The number of ether oxygens (including phenoxy) is 1. The topological polar surface area (TPSA) is 38.5 Å². The van der Waals surface area contributed by atoms with Crippen molar-refractivity contribution in [2.24, 2.45) is 0 Å². The Bertz CT molecular complexity index is 3150. The smallest absolute Gasteiger partial charge is 0.139 e. The molecule has 0 spiro atoms. The summed E-state index contributed by atoms with van der Waals surface area (Å²) < 4.78 is 11.4. The molecular formula is C51H37N5O. The summed E-state index contributed by atoms with van der Waals surface area (Å²) in [6.07, 6.45) is 4.23. The first-order valence-electron chi connectivity index (χ1n) is 19.3. The van der Waals surface area contributed by atoms with Crippen molar-refractivity contribution in [2.75, 3.05) is 18.6 Å². The van der Waals surface area contributed by atoms with Crippen LogP contribution >= 0.6 is 0 Å². The Labute approximate surface area is 330 Å². The van der Waals surface area contributed by atoms with Gasteiger partial charge in [0.2, 0.25) is 0 Å². The van der Waals surface area contributed by atoms with E-state index in [1.807, 2.05) is 12.3 Å². The number of anilines is 1. The summed E-state index contributed by atoms with van der Waals surface area (Å²) in [5.41, 5.74) is 11.2. The van der Waals surface area contributed by atoms with Crippen LogP contribution < -0.4 is 9.64 Å². The monoisotopic (exact) mass is 735 g/mol. The highest BCUT2D eigenvalue weighted by atomic mass is 16.5. The summed E-state index contributed by atoms with van der Waals surface area (Å²) in [6, 6.07) is 64.0. The molecule has 0 aliphatic carbocycles. The summed E-state index contributed by atoms with van der Waals surface area (Å²) in [6.45, 7) is 0.755. The van der Waals surface area contributed by atoms with Gasteiger partial charge in [-0.2, -0.15) is 0 Å². The number of aromatic nitrogens is 3. The van der Waals surface area contributed by atoms with Gasteiger partial charge in [0.15, 0.2) is 0 Å².